The molecule has 0 heterocycles. The molecule has 0 aliphatic rings. The number of nitrogen functional groups attached to an aromatic ring is 1. The van der Waals surface area contributed by atoms with Gasteiger partial charge in [-0.1, -0.05) is 0 Å². The molecule has 0 fully saturated rings. The van der Waals surface area contributed by atoms with Crippen molar-refractivity contribution in [3.8, 4) is 6.07 Å². The van der Waals surface area contributed by atoms with Crippen LogP contribution in [0.25, 0.3) is 0 Å². The third-order valence-corrected chi connectivity index (χ3v) is 2.59. The van der Waals surface area contributed by atoms with Gasteiger partial charge in [-0.15, -0.1) is 0 Å². The molecule has 96 valence electrons. The second-order valence-corrected chi connectivity index (χ2v) is 4.23. The Balaban J connectivity index is 2.99. The predicted octanol–water partition coefficient (Wildman–Crippen LogP) is 2.17. The van der Waals surface area contributed by atoms with Crippen LogP contribution in [-0.2, 0) is 0 Å². The van der Waals surface area contributed by atoms with Crippen molar-refractivity contribution in [2.75, 3.05) is 12.3 Å². The summed E-state index contributed by atoms with van der Waals surface area (Å²) in [6, 6.07) is 5.64. The summed E-state index contributed by atoms with van der Waals surface area (Å²) >= 11 is 0. The lowest BCUT2D eigenvalue weighted by Crippen LogP contribution is -2.38. The summed E-state index contributed by atoms with van der Waals surface area (Å²) in [5.74, 6) is -0.755. The van der Waals surface area contributed by atoms with Gasteiger partial charge in [0.2, 0.25) is 0 Å². The number of halogens is 1. The number of carbonyl (C=O) groups excluding carboxylic acids is 1. The van der Waals surface area contributed by atoms with E-state index < -0.39 is 5.82 Å². The van der Waals surface area contributed by atoms with E-state index in [0.29, 0.717) is 6.54 Å². The molecule has 1 aromatic rings. The predicted molar refractivity (Wildman–Crippen MR) is 67.2 cm³/mol. The number of amides is 1. The summed E-state index contributed by atoms with van der Waals surface area (Å²) in [5.41, 5.74) is 6.02. The van der Waals surface area contributed by atoms with Crippen molar-refractivity contribution in [1.82, 2.24) is 4.90 Å². The van der Waals surface area contributed by atoms with Crippen molar-refractivity contribution >= 4 is 11.6 Å². The molecule has 1 amide bonds. The van der Waals surface area contributed by atoms with E-state index in [-0.39, 0.29) is 29.6 Å². The van der Waals surface area contributed by atoms with E-state index in [2.05, 4.69) is 0 Å². The van der Waals surface area contributed by atoms with Gasteiger partial charge in [0.05, 0.1) is 18.1 Å². The fraction of sp³-hybridized carbons (Fsp3) is 0.385. The molecule has 0 aliphatic heterocycles. The standard InChI is InChI=1S/C13H16FN3O/c1-9(2)17(7-3-6-15)13(18)11-5-4-10(14)8-12(11)16/h4-5,8-9H,3,7,16H2,1-2H3. The number of nitrogens with zero attached hydrogens (tertiary/aromatic N) is 2. The lowest BCUT2D eigenvalue weighted by atomic mass is 10.1. The Morgan fingerprint density at radius 3 is 2.72 bits per heavy atom. The van der Waals surface area contributed by atoms with Crippen LogP contribution in [0, 0.1) is 17.1 Å². The largest absolute Gasteiger partial charge is 0.398 e. The Morgan fingerprint density at radius 2 is 2.22 bits per heavy atom. The Kier molecular flexibility index (Phi) is 4.67. The Bertz CT molecular complexity index is 480. The molecular weight excluding hydrogens is 233 g/mol. The van der Waals surface area contributed by atoms with Crippen molar-refractivity contribution in [1.29, 1.82) is 5.26 Å². The SMILES string of the molecule is CC(C)N(CCC#N)C(=O)c1ccc(F)cc1N. The molecule has 0 radical (unpaired) electrons. The summed E-state index contributed by atoms with van der Waals surface area (Å²) in [6.45, 7) is 4.05. The van der Waals surface area contributed by atoms with Crippen LogP contribution in [0.5, 0.6) is 0 Å². The molecule has 0 aromatic heterocycles. The van der Waals surface area contributed by atoms with Crippen LogP contribution in [-0.4, -0.2) is 23.4 Å². The van der Waals surface area contributed by atoms with Gasteiger partial charge in [0.1, 0.15) is 5.82 Å². The van der Waals surface area contributed by atoms with Gasteiger partial charge in [-0.2, -0.15) is 5.26 Å². The van der Waals surface area contributed by atoms with Crippen LogP contribution >= 0.6 is 0 Å². The van der Waals surface area contributed by atoms with E-state index in [0.717, 1.165) is 6.07 Å². The molecule has 0 spiro atoms. The van der Waals surface area contributed by atoms with Crippen LogP contribution in [0.1, 0.15) is 30.6 Å². The molecule has 5 heteroatoms. The van der Waals surface area contributed by atoms with E-state index >= 15 is 0 Å². The van der Waals surface area contributed by atoms with Gasteiger partial charge in [-0.25, -0.2) is 4.39 Å². The highest BCUT2D eigenvalue weighted by molar-refractivity contribution is 5.99. The van der Waals surface area contributed by atoms with Crippen LogP contribution in [0.4, 0.5) is 10.1 Å². The molecule has 0 saturated carbocycles. The van der Waals surface area contributed by atoms with Crippen LogP contribution in [0.3, 0.4) is 0 Å². The maximum atomic E-state index is 12.9. The lowest BCUT2D eigenvalue weighted by molar-refractivity contribution is 0.0711. The first-order chi connectivity index (χ1) is 8.47. The molecular formula is C13H16FN3O. The van der Waals surface area contributed by atoms with Crippen molar-refractivity contribution in [2.45, 2.75) is 26.3 Å². The van der Waals surface area contributed by atoms with Crippen LogP contribution < -0.4 is 5.73 Å². The number of benzene rings is 1. The number of nitriles is 1. The van der Waals surface area contributed by atoms with Gasteiger partial charge in [0, 0.05) is 18.3 Å². The summed E-state index contributed by atoms with van der Waals surface area (Å²) < 4.78 is 12.9. The molecule has 0 bridgehead atoms. The number of hydrogen-bond donors (Lipinski definition) is 1. The van der Waals surface area contributed by atoms with Crippen molar-refractivity contribution in [3.05, 3.63) is 29.6 Å². The average Bonchev–Trinajstić information content (AvgIpc) is 2.28. The lowest BCUT2D eigenvalue weighted by Gasteiger charge is -2.26. The van der Waals surface area contributed by atoms with Crippen molar-refractivity contribution in [2.24, 2.45) is 0 Å². The smallest absolute Gasteiger partial charge is 0.256 e. The minimum Gasteiger partial charge on any atom is -0.398 e. The minimum atomic E-state index is -0.475. The summed E-state index contributed by atoms with van der Waals surface area (Å²) in [7, 11) is 0. The van der Waals surface area contributed by atoms with Crippen molar-refractivity contribution in [3.63, 3.8) is 0 Å². The van der Waals surface area contributed by atoms with Gasteiger partial charge >= 0.3 is 0 Å². The zero-order chi connectivity index (χ0) is 13.7. The first-order valence-corrected chi connectivity index (χ1v) is 5.70. The second kappa shape index (κ2) is 6.01. The van der Waals surface area contributed by atoms with E-state index in [4.69, 9.17) is 11.0 Å². The highest BCUT2D eigenvalue weighted by atomic mass is 19.1. The Morgan fingerprint density at radius 1 is 1.56 bits per heavy atom. The summed E-state index contributed by atoms with van der Waals surface area (Å²) in [6.07, 6.45) is 0.255. The number of carbonyl (C=O) groups is 1. The van der Waals surface area contributed by atoms with Crippen molar-refractivity contribution < 1.29 is 9.18 Å². The molecule has 1 aromatic carbocycles. The zero-order valence-corrected chi connectivity index (χ0v) is 10.5. The van der Waals surface area contributed by atoms with Gasteiger partial charge in [-0.3, -0.25) is 4.79 Å². The molecule has 1 rings (SSSR count). The molecule has 4 nitrogen and oxygen atoms in total. The third kappa shape index (κ3) is 3.20. The molecule has 0 unspecified atom stereocenters. The molecule has 18 heavy (non-hydrogen) atoms. The second-order valence-electron chi connectivity index (χ2n) is 4.23. The quantitative estimate of drug-likeness (QED) is 0.831. The van der Waals surface area contributed by atoms with Gasteiger partial charge in [0.25, 0.3) is 5.91 Å². The summed E-state index contributed by atoms with van der Waals surface area (Å²) in [4.78, 5) is 13.8. The van der Waals surface area contributed by atoms with E-state index in [1.807, 2.05) is 19.9 Å². The number of rotatable bonds is 4. The number of anilines is 1. The van der Waals surface area contributed by atoms with Gasteiger partial charge < -0.3 is 10.6 Å². The molecule has 0 saturated heterocycles. The van der Waals surface area contributed by atoms with Crippen LogP contribution in [0.2, 0.25) is 0 Å². The fourth-order valence-electron chi connectivity index (χ4n) is 1.65. The minimum absolute atomic E-state index is 0.0460. The molecule has 0 atom stereocenters. The highest BCUT2D eigenvalue weighted by Gasteiger charge is 2.20. The Hall–Kier alpha value is -2.09. The molecule has 2 N–H and O–H groups in total. The highest BCUT2D eigenvalue weighted by Crippen LogP contribution is 2.17. The van der Waals surface area contributed by atoms with Gasteiger partial charge in [-0.05, 0) is 32.0 Å². The third-order valence-electron chi connectivity index (χ3n) is 2.59. The maximum Gasteiger partial charge on any atom is 0.256 e. The summed E-state index contributed by atoms with van der Waals surface area (Å²) in [5, 5.41) is 8.58. The normalized spacial score (nSPS) is 10.2. The monoisotopic (exact) mass is 249 g/mol. The average molecular weight is 249 g/mol. The molecule has 0 aliphatic carbocycles. The maximum absolute atomic E-state index is 12.9. The van der Waals surface area contributed by atoms with Crippen LogP contribution in [0.15, 0.2) is 18.2 Å². The first-order valence-electron chi connectivity index (χ1n) is 5.70. The number of nitrogens with two attached hydrogens (primary N) is 1. The van der Waals surface area contributed by atoms with Gasteiger partial charge in [0.15, 0.2) is 0 Å². The topological polar surface area (TPSA) is 70.1 Å². The van der Waals surface area contributed by atoms with E-state index in [1.54, 1.807) is 4.90 Å². The number of hydrogen-bond acceptors (Lipinski definition) is 3. The zero-order valence-electron chi connectivity index (χ0n) is 10.5. The van der Waals surface area contributed by atoms with E-state index in [9.17, 15) is 9.18 Å². The Labute approximate surface area is 106 Å². The van der Waals surface area contributed by atoms with E-state index in [1.165, 1.54) is 12.1 Å². The first kappa shape index (κ1) is 14.0. The fourth-order valence-corrected chi connectivity index (χ4v) is 1.65.